The number of nitrogens with one attached hydrogen (secondary N) is 2. The van der Waals surface area contributed by atoms with Gasteiger partial charge in [-0.05, 0) is 32.4 Å². The normalized spacial score (nSPS) is 11.2. The van der Waals surface area contributed by atoms with E-state index in [1.807, 2.05) is 31.8 Å². The van der Waals surface area contributed by atoms with E-state index in [0.29, 0.717) is 6.54 Å². The van der Waals surface area contributed by atoms with E-state index >= 15 is 0 Å². The summed E-state index contributed by atoms with van der Waals surface area (Å²) in [5, 5.41) is 16.1. The number of anilines is 1. The Morgan fingerprint density at radius 2 is 2.10 bits per heavy atom. The van der Waals surface area contributed by atoms with Crippen molar-refractivity contribution in [3.8, 4) is 0 Å². The molecule has 3 aromatic heterocycles. The number of hydrogen-bond acceptors (Lipinski definition) is 4. The van der Waals surface area contributed by atoms with Crippen molar-refractivity contribution >= 4 is 16.9 Å². The molecule has 0 aliphatic rings. The fraction of sp³-hybridized carbons (Fsp3) is 0.357. The maximum atomic E-state index is 4.46. The first-order valence-electron chi connectivity index (χ1n) is 6.60. The largest absolute Gasteiger partial charge is 0.364 e. The van der Waals surface area contributed by atoms with E-state index in [2.05, 4.69) is 38.6 Å². The first-order valence-corrected chi connectivity index (χ1v) is 6.60. The first kappa shape index (κ1) is 12.7. The Morgan fingerprint density at radius 3 is 2.80 bits per heavy atom. The molecule has 104 valence electrons. The molecule has 0 aliphatic carbocycles. The zero-order valence-electron chi connectivity index (χ0n) is 12.2. The van der Waals surface area contributed by atoms with Gasteiger partial charge in [-0.15, -0.1) is 0 Å². The minimum Gasteiger partial charge on any atom is -0.364 e. The van der Waals surface area contributed by atoms with Crippen LogP contribution in [0, 0.1) is 20.8 Å². The van der Waals surface area contributed by atoms with Crippen LogP contribution in [0.2, 0.25) is 0 Å². The second-order valence-electron chi connectivity index (χ2n) is 5.14. The van der Waals surface area contributed by atoms with Gasteiger partial charge in [0.25, 0.3) is 0 Å². The molecule has 0 saturated heterocycles. The van der Waals surface area contributed by atoms with Crippen LogP contribution in [0.25, 0.3) is 11.0 Å². The molecular weight excluding hydrogens is 252 g/mol. The molecule has 6 heteroatoms. The summed E-state index contributed by atoms with van der Waals surface area (Å²) in [6.45, 7) is 6.77. The number of H-pyrrole nitrogens is 1. The molecule has 0 bridgehead atoms. The minimum absolute atomic E-state index is 0.701. The lowest BCUT2D eigenvalue weighted by atomic mass is 10.1. The molecule has 0 fully saturated rings. The number of nitrogens with zero attached hydrogens (tertiary/aromatic N) is 4. The fourth-order valence-corrected chi connectivity index (χ4v) is 2.51. The quantitative estimate of drug-likeness (QED) is 0.765. The molecule has 6 nitrogen and oxygen atoms in total. The molecule has 0 aliphatic heterocycles. The minimum atomic E-state index is 0.701. The molecule has 0 spiro atoms. The molecular formula is C14H18N6. The Balaban J connectivity index is 1.90. The van der Waals surface area contributed by atoms with Crippen LogP contribution in [0.4, 0.5) is 5.82 Å². The Morgan fingerprint density at radius 1 is 1.30 bits per heavy atom. The monoisotopic (exact) mass is 270 g/mol. The number of pyridine rings is 1. The molecule has 3 heterocycles. The van der Waals surface area contributed by atoms with E-state index < -0.39 is 0 Å². The van der Waals surface area contributed by atoms with Gasteiger partial charge in [0.1, 0.15) is 0 Å². The number of rotatable bonds is 3. The summed E-state index contributed by atoms with van der Waals surface area (Å²) in [6, 6.07) is 2.07. The third-order valence-electron chi connectivity index (χ3n) is 3.42. The average molecular weight is 270 g/mol. The Kier molecular flexibility index (Phi) is 2.93. The third kappa shape index (κ3) is 2.13. The maximum absolute atomic E-state index is 4.46. The van der Waals surface area contributed by atoms with Crippen LogP contribution in [-0.4, -0.2) is 25.0 Å². The molecule has 0 saturated carbocycles. The first-order chi connectivity index (χ1) is 9.54. The van der Waals surface area contributed by atoms with E-state index in [-0.39, 0.29) is 0 Å². The Bertz CT molecular complexity index is 767. The molecule has 0 amide bonds. The van der Waals surface area contributed by atoms with E-state index in [9.17, 15) is 0 Å². The van der Waals surface area contributed by atoms with Crippen LogP contribution in [0.5, 0.6) is 0 Å². The number of hydrogen-bond donors (Lipinski definition) is 2. The topological polar surface area (TPSA) is 71.4 Å². The van der Waals surface area contributed by atoms with Gasteiger partial charge in [-0.2, -0.15) is 10.2 Å². The highest BCUT2D eigenvalue weighted by molar-refractivity contribution is 5.90. The number of fused-ring (bicyclic) bond motifs is 1. The predicted octanol–water partition coefficient (Wildman–Crippen LogP) is 2.23. The summed E-state index contributed by atoms with van der Waals surface area (Å²) >= 11 is 0. The van der Waals surface area contributed by atoms with Gasteiger partial charge in [-0.25, -0.2) is 4.98 Å². The van der Waals surface area contributed by atoms with Crippen molar-refractivity contribution in [2.45, 2.75) is 27.3 Å². The summed E-state index contributed by atoms with van der Waals surface area (Å²) < 4.78 is 1.82. The lowest BCUT2D eigenvalue weighted by Gasteiger charge is -2.04. The second kappa shape index (κ2) is 4.63. The van der Waals surface area contributed by atoms with Crippen molar-refractivity contribution in [2.24, 2.45) is 7.05 Å². The van der Waals surface area contributed by atoms with Crippen LogP contribution >= 0.6 is 0 Å². The molecule has 3 aromatic rings. The lowest BCUT2D eigenvalue weighted by molar-refractivity contribution is 0.756. The van der Waals surface area contributed by atoms with E-state index in [0.717, 1.165) is 28.2 Å². The summed E-state index contributed by atoms with van der Waals surface area (Å²) in [7, 11) is 1.93. The number of aryl methyl sites for hydroxylation is 4. The molecule has 2 N–H and O–H groups in total. The van der Waals surface area contributed by atoms with Crippen molar-refractivity contribution < 1.29 is 0 Å². The second-order valence-corrected chi connectivity index (χ2v) is 5.14. The SMILES string of the molecule is Cc1cc(C)c2c(NCc3cn(C)nc3C)n[nH]c2n1. The molecule has 0 atom stereocenters. The molecule has 20 heavy (non-hydrogen) atoms. The third-order valence-corrected chi connectivity index (χ3v) is 3.42. The zero-order valence-corrected chi connectivity index (χ0v) is 12.2. The predicted molar refractivity (Wildman–Crippen MR) is 78.6 cm³/mol. The number of aromatic amines is 1. The molecule has 0 unspecified atom stereocenters. The highest BCUT2D eigenvalue weighted by Gasteiger charge is 2.11. The Hall–Kier alpha value is -2.37. The van der Waals surface area contributed by atoms with Gasteiger partial charge in [0.15, 0.2) is 11.5 Å². The van der Waals surface area contributed by atoms with Crippen molar-refractivity contribution in [1.29, 1.82) is 0 Å². The summed E-state index contributed by atoms with van der Waals surface area (Å²) in [5.41, 5.74) is 5.19. The Labute approximate surface area is 117 Å². The van der Waals surface area contributed by atoms with Crippen molar-refractivity contribution in [2.75, 3.05) is 5.32 Å². The van der Waals surface area contributed by atoms with Crippen LogP contribution in [0.15, 0.2) is 12.3 Å². The van der Waals surface area contributed by atoms with E-state index in [4.69, 9.17) is 0 Å². The highest BCUT2D eigenvalue weighted by atomic mass is 15.3. The van der Waals surface area contributed by atoms with Crippen molar-refractivity contribution in [1.82, 2.24) is 25.0 Å². The van der Waals surface area contributed by atoms with Crippen LogP contribution in [0.3, 0.4) is 0 Å². The summed E-state index contributed by atoms with van der Waals surface area (Å²) in [6.07, 6.45) is 2.02. The van der Waals surface area contributed by atoms with Gasteiger partial charge in [0.2, 0.25) is 0 Å². The van der Waals surface area contributed by atoms with E-state index in [1.54, 1.807) is 0 Å². The average Bonchev–Trinajstić information content (AvgIpc) is 2.90. The van der Waals surface area contributed by atoms with Gasteiger partial charge in [-0.3, -0.25) is 9.78 Å². The smallest absolute Gasteiger partial charge is 0.157 e. The molecule has 0 aromatic carbocycles. The maximum Gasteiger partial charge on any atom is 0.157 e. The van der Waals surface area contributed by atoms with Crippen molar-refractivity contribution in [3.63, 3.8) is 0 Å². The van der Waals surface area contributed by atoms with Gasteiger partial charge < -0.3 is 5.32 Å². The van der Waals surface area contributed by atoms with Gasteiger partial charge in [0.05, 0.1) is 11.1 Å². The summed E-state index contributed by atoms with van der Waals surface area (Å²) in [5.74, 6) is 0.841. The van der Waals surface area contributed by atoms with Crippen molar-refractivity contribution in [3.05, 3.63) is 34.8 Å². The standard InChI is InChI=1S/C14H18N6/c1-8-5-9(2)16-14-12(8)13(17-18-14)15-6-11-7-20(4)19-10(11)3/h5,7H,6H2,1-4H3,(H2,15,16,17,18). The summed E-state index contributed by atoms with van der Waals surface area (Å²) in [4.78, 5) is 4.46. The van der Waals surface area contributed by atoms with Gasteiger partial charge in [0, 0.05) is 31.0 Å². The fourth-order valence-electron chi connectivity index (χ4n) is 2.51. The van der Waals surface area contributed by atoms with Crippen LogP contribution in [0.1, 0.15) is 22.5 Å². The van der Waals surface area contributed by atoms with E-state index in [1.165, 1.54) is 11.1 Å². The lowest BCUT2D eigenvalue weighted by Crippen LogP contribution is -2.01. The number of aromatic nitrogens is 5. The van der Waals surface area contributed by atoms with Gasteiger partial charge in [-0.1, -0.05) is 0 Å². The molecule has 0 radical (unpaired) electrons. The van der Waals surface area contributed by atoms with Crippen LogP contribution in [-0.2, 0) is 13.6 Å². The van der Waals surface area contributed by atoms with Gasteiger partial charge >= 0.3 is 0 Å². The molecule has 3 rings (SSSR count). The highest BCUT2D eigenvalue weighted by Crippen LogP contribution is 2.24. The zero-order chi connectivity index (χ0) is 14.3. The van der Waals surface area contributed by atoms with Crippen LogP contribution < -0.4 is 5.32 Å².